The second kappa shape index (κ2) is 8.22. The Labute approximate surface area is 165 Å². The van der Waals surface area contributed by atoms with Crippen molar-refractivity contribution in [1.29, 1.82) is 0 Å². The first-order valence-electron chi connectivity index (χ1n) is 7.98. The van der Waals surface area contributed by atoms with Gasteiger partial charge in [0, 0.05) is 12.3 Å². The summed E-state index contributed by atoms with van der Waals surface area (Å²) in [4.78, 5) is 19.6. The van der Waals surface area contributed by atoms with Gasteiger partial charge in [0.25, 0.3) is 0 Å². The molecule has 3 aromatic rings. The van der Waals surface area contributed by atoms with Crippen LogP contribution >= 0.6 is 34.5 Å². The topological polar surface area (TPSA) is 50.8 Å². The van der Waals surface area contributed by atoms with E-state index in [1.54, 1.807) is 24.5 Å². The van der Waals surface area contributed by atoms with E-state index in [9.17, 15) is 4.79 Å². The highest BCUT2D eigenvalue weighted by Gasteiger charge is 2.20. The molecule has 0 saturated carbocycles. The fraction of sp³-hybridized carbons (Fsp3) is 0.222. The van der Waals surface area contributed by atoms with Crippen LogP contribution in [-0.2, 0) is 17.9 Å². The predicted octanol–water partition coefficient (Wildman–Crippen LogP) is 3.94. The van der Waals surface area contributed by atoms with Crippen molar-refractivity contribution in [3.63, 3.8) is 0 Å². The first-order chi connectivity index (χ1) is 12.4. The Hall–Kier alpha value is -1.86. The summed E-state index contributed by atoms with van der Waals surface area (Å²) in [5.41, 5.74) is 1.56. The highest BCUT2D eigenvalue weighted by molar-refractivity contribution is 7.14. The number of amides is 1. The minimum Gasteiger partial charge on any atom is -0.463 e. The molecule has 0 saturated heterocycles. The largest absolute Gasteiger partial charge is 0.463 e. The van der Waals surface area contributed by atoms with Gasteiger partial charge in [-0.15, -0.1) is 11.3 Å². The molecule has 26 heavy (non-hydrogen) atoms. The molecule has 0 bridgehead atoms. The zero-order valence-corrected chi connectivity index (χ0v) is 16.7. The molecule has 0 fully saturated rings. The van der Waals surface area contributed by atoms with Crippen molar-refractivity contribution in [1.82, 2.24) is 4.98 Å². The predicted molar refractivity (Wildman–Crippen MR) is 104 cm³/mol. The zero-order valence-electron chi connectivity index (χ0n) is 14.3. The molecule has 1 amide bonds. The number of anilines is 2. The molecule has 2 aromatic heterocycles. The van der Waals surface area contributed by atoms with Crippen molar-refractivity contribution in [3.05, 3.63) is 63.5 Å². The summed E-state index contributed by atoms with van der Waals surface area (Å²) in [5.74, 6) is 0.791. The number of carbonyl (C=O) groups excluding carboxylic acids is 1. The summed E-state index contributed by atoms with van der Waals surface area (Å²) >= 11 is 13.5. The Bertz CT molecular complexity index is 896. The third kappa shape index (κ3) is 4.45. The number of nitrogens with zero attached hydrogens (tertiary/aromatic N) is 2. The van der Waals surface area contributed by atoms with Gasteiger partial charge < -0.3 is 9.32 Å². The molecular formula is C18H18Cl2N3O2S+. The van der Waals surface area contributed by atoms with Crippen LogP contribution in [0.2, 0.25) is 10.0 Å². The van der Waals surface area contributed by atoms with Gasteiger partial charge in [-0.1, -0.05) is 23.2 Å². The fourth-order valence-corrected chi connectivity index (χ4v) is 3.79. The Morgan fingerprint density at radius 1 is 1.27 bits per heavy atom. The normalized spacial score (nSPS) is 12.2. The number of halogens is 2. The van der Waals surface area contributed by atoms with Crippen LogP contribution in [0.25, 0.3) is 0 Å². The fourth-order valence-electron chi connectivity index (χ4n) is 2.61. The smallest absolute Gasteiger partial charge is 0.230 e. The second-order valence-electron chi connectivity index (χ2n) is 5.96. The van der Waals surface area contributed by atoms with E-state index in [0.717, 1.165) is 24.5 Å². The summed E-state index contributed by atoms with van der Waals surface area (Å²) in [6.07, 6.45) is 1.67. The van der Waals surface area contributed by atoms with E-state index < -0.39 is 0 Å². The average molecular weight is 411 g/mol. The Kier molecular flexibility index (Phi) is 5.98. The maximum Gasteiger partial charge on any atom is 0.230 e. The summed E-state index contributed by atoms with van der Waals surface area (Å²) < 4.78 is 5.38. The van der Waals surface area contributed by atoms with Gasteiger partial charge in [-0.05, 0) is 30.3 Å². The molecule has 0 spiro atoms. The Balaban J connectivity index is 1.77. The summed E-state index contributed by atoms with van der Waals surface area (Å²) in [5, 5.41) is 3.42. The lowest BCUT2D eigenvalue weighted by atomic mass is 10.3. The van der Waals surface area contributed by atoms with E-state index in [0.29, 0.717) is 20.9 Å². The average Bonchev–Trinajstić information content (AvgIpc) is 3.23. The van der Waals surface area contributed by atoms with Crippen molar-refractivity contribution in [2.24, 2.45) is 0 Å². The number of furan rings is 1. The minimum absolute atomic E-state index is 0.138. The number of thiazole rings is 1. The van der Waals surface area contributed by atoms with Crippen LogP contribution in [0.1, 0.15) is 18.4 Å². The maximum absolute atomic E-state index is 12.2. The van der Waals surface area contributed by atoms with Crippen molar-refractivity contribution in [3.8, 4) is 0 Å². The summed E-state index contributed by atoms with van der Waals surface area (Å²) in [6.45, 7) is 2.99. The molecule has 0 radical (unpaired) electrons. The van der Waals surface area contributed by atoms with Crippen LogP contribution < -0.4 is 9.80 Å². The van der Waals surface area contributed by atoms with Crippen LogP contribution in [0.5, 0.6) is 0 Å². The molecule has 5 nitrogen and oxygen atoms in total. The summed E-state index contributed by atoms with van der Waals surface area (Å²) in [6, 6.07) is 8.93. The third-order valence-corrected chi connectivity index (χ3v) is 5.36. The van der Waals surface area contributed by atoms with Gasteiger partial charge in [0.15, 0.2) is 10.9 Å². The van der Waals surface area contributed by atoms with E-state index in [1.165, 1.54) is 28.1 Å². The molecule has 1 unspecified atom stereocenters. The number of quaternary nitrogens is 1. The molecule has 1 aromatic carbocycles. The zero-order chi connectivity index (χ0) is 18.7. The second-order valence-corrected chi connectivity index (χ2v) is 7.62. The number of aromatic nitrogens is 1. The number of carbonyl (C=O) groups is 1. The molecule has 8 heteroatoms. The van der Waals surface area contributed by atoms with Crippen LogP contribution in [0.15, 0.2) is 46.4 Å². The van der Waals surface area contributed by atoms with E-state index in [-0.39, 0.29) is 5.91 Å². The summed E-state index contributed by atoms with van der Waals surface area (Å²) in [7, 11) is 2.07. The standard InChI is InChI=1S/C18H17Cl2N3O2S/c1-12(24)23(14-5-6-16(19)17(20)8-14)18-21-13(11-26-18)9-22(2)10-15-4-3-7-25-15/h3-8,11H,9-10H2,1-2H3/p+1. The number of hydrogen-bond donors (Lipinski definition) is 1. The number of nitrogens with one attached hydrogen (secondary N) is 1. The lowest BCUT2D eigenvalue weighted by molar-refractivity contribution is -0.909. The van der Waals surface area contributed by atoms with Crippen LogP contribution in [-0.4, -0.2) is 17.9 Å². The van der Waals surface area contributed by atoms with Gasteiger partial charge in [-0.2, -0.15) is 0 Å². The maximum atomic E-state index is 12.2. The van der Waals surface area contributed by atoms with Crippen molar-refractivity contribution < 1.29 is 14.1 Å². The Morgan fingerprint density at radius 2 is 2.08 bits per heavy atom. The first-order valence-corrected chi connectivity index (χ1v) is 9.61. The third-order valence-electron chi connectivity index (χ3n) is 3.75. The van der Waals surface area contributed by atoms with Crippen LogP contribution in [0, 0.1) is 0 Å². The lowest BCUT2D eigenvalue weighted by Gasteiger charge is -2.18. The monoisotopic (exact) mass is 410 g/mol. The molecular weight excluding hydrogens is 393 g/mol. The highest BCUT2D eigenvalue weighted by atomic mass is 35.5. The quantitative estimate of drug-likeness (QED) is 0.669. The van der Waals surface area contributed by atoms with E-state index in [1.807, 2.05) is 17.5 Å². The van der Waals surface area contributed by atoms with Crippen molar-refractivity contribution >= 4 is 51.3 Å². The van der Waals surface area contributed by atoms with Gasteiger partial charge in [0.05, 0.1) is 29.0 Å². The van der Waals surface area contributed by atoms with Gasteiger partial charge in [-0.25, -0.2) is 4.98 Å². The lowest BCUT2D eigenvalue weighted by Crippen LogP contribution is -3.06. The van der Waals surface area contributed by atoms with E-state index in [2.05, 4.69) is 12.0 Å². The molecule has 0 aliphatic carbocycles. The van der Waals surface area contributed by atoms with Crippen molar-refractivity contribution in [2.75, 3.05) is 11.9 Å². The van der Waals surface area contributed by atoms with Crippen LogP contribution in [0.3, 0.4) is 0 Å². The van der Waals surface area contributed by atoms with Gasteiger partial charge >= 0.3 is 0 Å². The van der Waals surface area contributed by atoms with E-state index >= 15 is 0 Å². The van der Waals surface area contributed by atoms with Gasteiger partial charge in [0.1, 0.15) is 18.8 Å². The molecule has 136 valence electrons. The Morgan fingerprint density at radius 3 is 2.73 bits per heavy atom. The molecule has 0 aliphatic rings. The molecule has 1 N–H and O–H groups in total. The molecule has 2 heterocycles. The molecule has 3 rings (SSSR count). The molecule has 0 aliphatic heterocycles. The highest BCUT2D eigenvalue weighted by Crippen LogP contribution is 2.33. The van der Waals surface area contributed by atoms with Crippen molar-refractivity contribution in [2.45, 2.75) is 20.0 Å². The number of benzene rings is 1. The number of hydrogen-bond acceptors (Lipinski definition) is 4. The van der Waals surface area contributed by atoms with E-state index in [4.69, 9.17) is 27.6 Å². The number of rotatable bonds is 6. The molecule has 1 atom stereocenters. The minimum atomic E-state index is -0.138. The van der Waals surface area contributed by atoms with Gasteiger partial charge in [-0.3, -0.25) is 9.69 Å². The van der Waals surface area contributed by atoms with Crippen LogP contribution in [0.4, 0.5) is 10.8 Å². The first kappa shape index (κ1) is 18.9. The van der Waals surface area contributed by atoms with Gasteiger partial charge in [0.2, 0.25) is 5.91 Å². The SMILES string of the molecule is CC(=O)N(c1ccc(Cl)c(Cl)c1)c1nc(C[NH+](C)Cc2ccco2)cs1.